The van der Waals surface area contributed by atoms with Crippen LogP contribution < -0.4 is 10.1 Å². The number of nitrogens with one attached hydrogen (secondary N) is 1. The Hall–Kier alpha value is -1.39. The molecule has 0 aliphatic rings. The van der Waals surface area contributed by atoms with Gasteiger partial charge in [-0.1, -0.05) is 19.1 Å². The molecule has 2 aromatic carbocycles. The second kappa shape index (κ2) is 6.86. The van der Waals surface area contributed by atoms with E-state index in [4.69, 9.17) is 4.74 Å². The van der Waals surface area contributed by atoms with Crippen LogP contribution >= 0.6 is 15.9 Å². The fraction of sp³-hybridized carbons (Fsp3) is 0.250. The van der Waals surface area contributed by atoms with Gasteiger partial charge in [-0.15, -0.1) is 0 Å². The molecule has 0 spiro atoms. The van der Waals surface area contributed by atoms with Crippen LogP contribution in [0, 0.1) is 5.82 Å². The molecule has 2 aromatic rings. The van der Waals surface area contributed by atoms with Crippen molar-refractivity contribution in [1.29, 1.82) is 0 Å². The monoisotopic (exact) mass is 337 g/mol. The summed E-state index contributed by atoms with van der Waals surface area (Å²) < 4.78 is 19.5. The van der Waals surface area contributed by atoms with Gasteiger partial charge in [-0.05, 0) is 59.2 Å². The molecule has 0 saturated carbocycles. The molecule has 20 heavy (non-hydrogen) atoms. The van der Waals surface area contributed by atoms with E-state index in [1.807, 2.05) is 24.3 Å². The predicted octanol–water partition coefficient (Wildman–Crippen LogP) is 5.05. The first-order chi connectivity index (χ1) is 9.60. The molecular formula is C16H17BrFNO. The Morgan fingerprint density at radius 3 is 2.40 bits per heavy atom. The SMILES string of the molecule is CCNC(C)c1ccc(Oc2ccc(Br)c(F)c2)cc1. The average Bonchev–Trinajstić information content (AvgIpc) is 2.44. The summed E-state index contributed by atoms with van der Waals surface area (Å²) in [4.78, 5) is 0. The van der Waals surface area contributed by atoms with Crippen LogP contribution in [0.15, 0.2) is 46.9 Å². The van der Waals surface area contributed by atoms with E-state index in [1.54, 1.807) is 12.1 Å². The van der Waals surface area contributed by atoms with Crippen LogP contribution in [-0.4, -0.2) is 6.54 Å². The Morgan fingerprint density at radius 2 is 1.80 bits per heavy atom. The molecule has 0 aliphatic carbocycles. The van der Waals surface area contributed by atoms with Gasteiger partial charge in [-0.2, -0.15) is 0 Å². The van der Waals surface area contributed by atoms with Gasteiger partial charge in [0.25, 0.3) is 0 Å². The molecule has 2 nitrogen and oxygen atoms in total. The van der Waals surface area contributed by atoms with Crippen molar-refractivity contribution in [3.8, 4) is 11.5 Å². The summed E-state index contributed by atoms with van der Waals surface area (Å²) in [6.45, 7) is 5.12. The second-order valence-electron chi connectivity index (χ2n) is 4.53. The second-order valence-corrected chi connectivity index (χ2v) is 5.38. The number of rotatable bonds is 5. The minimum Gasteiger partial charge on any atom is -0.457 e. The Morgan fingerprint density at radius 1 is 1.15 bits per heavy atom. The van der Waals surface area contributed by atoms with Crippen LogP contribution in [0.1, 0.15) is 25.5 Å². The van der Waals surface area contributed by atoms with Gasteiger partial charge in [-0.3, -0.25) is 0 Å². The fourth-order valence-electron chi connectivity index (χ4n) is 1.93. The third kappa shape index (κ3) is 3.81. The number of hydrogen-bond acceptors (Lipinski definition) is 2. The largest absolute Gasteiger partial charge is 0.457 e. The molecule has 0 saturated heterocycles. The summed E-state index contributed by atoms with van der Waals surface area (Å²) in [6.07, 6.45) is 0. The van der Waals surface area contributed by atoms with E-state index >= 15 is 0 Å². The zero-order valence-corrected chi connectivity index (χ0v) is 13.1. The molecule has 1 unspecified atom stereocenters. The lowest BCUT2D eigenvalue weighted by molar-refractivity contribution is 0.475. The molecule has 0 heterocycles. The van der Waals surface area contributed by atoms with E-state index in [2.05, 4.69) is 35.1 Å². The lowest BCUT2D eigenvalue weighted by atomic mass is 10.1. The lowest BCUT2D eigenvalue weighted by Crippen LogP contribution is -2.17. The maximum atomic E-state index is 13.4. The van der Waals surface area contributed by atoms with Gasteiger partial charge in [0.1, 0.15) is 17.3 Å². The molecule has 0 aromatic heterocycles. The van der Waals surface area contributed by atoms with E-state index in [0.29, 0.717) is 22.0 Å². The van der Waals surface area contributed by atoms with Crippen molar-refractivity contribution in [3.05, 3.63) is 58.3 Å². The summed E-state index contributed by atoms with van der Waals surface area (Å²) in [6, 6.07) is 12.8. The minimum absolute atomic E-state index is 0.305. The van der Waals surface area contributed by atoms with Gasteiger partial charge in [0.2, 0.25) is 0 Å². The summed E-state index contributed by atoms with van der Waals surface area (Å²) in [7, 11) is 0. The Bertz CT molecular complexity index is 571. The molecule has 0 aliphatic heterocycles. The summed E-state index contributed by atoms with van der Waals surface area (Å²) in [5, 5.41) is 3.35. The Kier molecular flexibility index (Phi) is 5.15. The van der Waals surface area contributed by atoms with Gasteiger partial charge in [0.05, 0.1) is 4.47 Å². The normalized spacial score (nSPS) is 12.2. The van der Waals surface area contributed by atoms with Gasteiger partial charge >= 0.3 is 0 Å². The van der Waals surface area contributed by atoms with Crippen molar-refractivity contribution in [3.63, 3.8) is 0 Å². The molecule has 4 heteroatoms. The van der Waals surface area contributed by atoms with Gasteiger partial charge in [0, 0.05) is 12.1 Å². The van der Waals surface area contributed by atoms with Crippen molar-refractivity contribution in [2.45, 2.75) is 19.9 Å². The zero-order valence-electron chi connectivity index (χ0n) is 11.5. The summed E-state index contributed by atoms with van der Waals surface area (Å²) >= 11 is 3.12. The third-order valence-corrected chi connectivity index (χ3v) is 3.66. The number of benzene rings is 2. The highest BCUT2D eigenvalue weighted by atomic mass is 79.9. The van der Waals surface area contributed by atoms with Crippen molar-refractivity contribution < 1.29 is 9.13 Å². The van der Waals surface area contributed by atoms with Gasteiger partial charge in [0.15, 0.2) is 0 Å². The van der Waals surface area contributed by atoms with E-state index in [-0.39, 0.29) is 5.82 Å². The molecule has 2 rings (SSSR count). The van der Waals surface area contributed by atoms with Gasteiger partial charge in [-0.25, -0.2) is 4.39 Å². The number of halogens is 2. The standard InChI is InChI=1S/C16H17BrFNO/c1-3-19-11(2)12-4-6-13(7-5-12)20-14-8-9-15(17)16(18)10-14/h4-11,19H,3H2,1-2H3. The van der Waals surface area contributed by atoms with Crippen LogP contribution in [0.5, 0.6) is 11.5 Å². The first-order valence-corrected chi connectivity index (χ1v) is 7.35. The van der Waals surface area contributed by atoms with Crippen LogP contribution in [0.4, 0.5) is 4.39 Å². The quantitative estimate of drug-likeness (QED) is 0.824. The molecule has 1 atom stereocenters. The van der Waals surface area contributed by atoms with E-state index in [0.717, 1.165) is 6.54 Å². The van der Waals surface area contributed by atoms with Crippen molar-refractivity contribution in [2.24, 2.45) is 0 Å². The first kappa shape index (κ1) is 15.0. The number of ether oxygens (including phenoxy) is 1. The summed E-state index contributed by atoms with van der Waals surface area (Å²) in [5.41, 5.74) is 1.20. The first-order valence-electron chi connectivity index (χ1n) is 6.56. The van der Waals surface area contributed by atoms with Crippen LogP contribution in [0.2, 0.25) is 0 Å². The molecule has 0 bridgehead atoms. The van der Waals surface area contributed by atoms with Crippen molar-refractivity contribution in [2.75, 3.05) is 6.54 Å². The zero-order chi connectivity index (χ0) is 14.5. The number of hydrogen-bond donors (Lipinski definition) is 1. The van der Waals surface area contributed by atoms with Crippen molar-refractivity contribution in [1.82, 2.24) is 5.32 Å². The van der Waals surface area contributed by atoms with Crippen LogP contribution in [-0.2, 0) is 0 Å². The molecule has 0 radical (unpaired) electrons. The lowest BCUT2D eigenvalue weighted by Gasteiger charge is -2.13. The van der Waals surface area contributed by atoms with Crippen molar-refractivity contribution >= 4 is 15.9 Å². The molecule has 0 amide bonds. The van der Waals surface area contributed by atoms with E-state index < -0.39 is 0 Å². The maximum absolute atomic E-state index is 13.4. The average molecular weight is 338 g/mol. The maximum Gasteiger partial charge on any atom is 0.141 e. The highest BCUT2D eigenvalue weighted by Gasteiger charge is 2.05. The third-order valence-electron chi connectivity index (χ3n) is 3.02. The van der Waals surface area contributed by atoms with E-state index in [9.17, 15) is 4.39 Å². The van der Waals surface area contributed by atoms with Gasteiger partial charge < -0.3 is 10.1 Å². The minimum atomic E-state index is -0.333. The molecule has 106 valence electrons. The molecule has 1 N–H and O–H groups in total. The highest BCUT2D eigenvalue weighted by Crippen LogP contribution is 2.26. The van der Waals surface area contributed by atoms with E-state index in [1.165, 1.54) is 11.6 Å². The van der Waals surface area contributed by atoms with Crippen LogP contribution in [0.3, 0.4) is 0 Å². The predicted molar refractivity (Wildman–Crippen MR) is 82.7 cm³/mol. The fourth-order valence-corrected chi connectivity index (χ4v) is 2.17. The Balaban J connectivity index is 2.08. The van der Waals surface area contributed by atoms with Crippen LogP contribution in [0.25, 0.3) is 0 Å². The smallest absolute Gasteiger partial charge is 0.141 e. The highest BCUT2D eigenvalue weighted by molar-refractivity contribution is 9.10. The summed E-state index contributed by atoms with van der Waals surface area (Å²) in [5.74, 6) is 0.845. The molecule has 0 fully saturated rings. The molecular weight excluding hydrogens is 321 g/mol. The Labute approximate surface area is 127 Å². The topological polar surface area (TPSA) is 21.3 Å².